The molecule has 0 aromatic heterocycles. The van der Waals surface area contributed by atoms with Gasteiger partial charge in [0, 0.05) is 22.2 Å². The van der Waals surface area contributed by atoms with Gasteiger partial charge in [0.2, 0.25) is 5.91 Å². The van der Waals surface area contributed by atoms with Gasteiger partial charge in [0.15, 0.2) is 5.78 Å². The quantitative estimate of drug-likeness (QED) is 0.492. The van der Waals surface area contributed by atoms with Crippen LogP contribution in [0.3, 0.4) is 0 Å². The number of nitrogens with one attached hydrogen (secondary N) is 1. The van der Waals surface area contributed by atoms with E-state index >= 15 is 0 Å². The first kappa shape index (κ1) is 25.4. The Morgan fingerprint density at radius 1 is 1.03 bits per heavy atom. The molecule has 1 aliphatic carbocycles. The molecule has 1 N–H and O–H groups in total. The van der Waals surface area contributed by atoms with Crippen molar-refractivity contribution in [3.8, 4) is 0 Å². The molecule has 1 spiro atoms. The van der Waals surface area contributed by atoms with Gasteiger partial charge in [-0.05, 0) is 72.1 Å². The van der Waals surface area contributed by atoms with Gasteiger partial charge in [0.1, 0.15) is 11.6 Å². The largest absolute Gasteiger partial charge is 0.349 e. The summed E-state index contributed by atoms with van der Waals surface area (Å²) in [6.45, 7) is 5.59. The Labute approximate surface area is 222 Å². The summed E-state index contributed by atoms with van der Waals surface area (Å²) >= 11 is 16.4. The minimum absolute atomic E-state index is 0.120. The van der Waals surface area contributed by atoms with Crippen molar-refractivity contribution < 1.29 is 14.4 Å². The summed E-state index contributed by atoms with van der Waals surface area (Å²) in [6, 6.07) is 15.0. The van der Waals surface area contributed by atoms with Crippen LogP contribution in [0.4, 0.5) is 0 Å². The van der Waals surface area contributed by atoms with Crippen LogP contribution in [0.1, 0.15) is 37.9 Å². The molecular formula is C27H23BrCl2N2O3. The average Bonchev–Trinajstić information content (AvgIpc) is 3.00. The highest BCUT2D eigenvalue weighted by Gasteiger charge is 2.57. The fraction of sp³-hybridized carbons (Fsp3) is 0.222. The summed E-state index contributed by atoms with van der Waals surface area (Å²) in [7, 11) is 0. The third-order valence-electron chi connectivity index (χ3n) is 5.76. The Kier molecular flexibility index (Phi) is 6.84. The van der Waals surface area contributed by atoms with E-state index in [0.717, 1.165) is 5.56 Å². The van der Waals surface area contributed by atoms with Gasteiger partial charge in [0.05, 0.1) is 9.51 Å². The summed E-state index contributed by atoms with van der Waals surface area (Å²) in [4.78, 5) is 41.4. The van der Waals surface area contributed by atoms with Crippen molar-refractivity contribution in [1.82, 2.24) is 10.2 Å². The first-order valence-corrected chi connectivity index (χ1v) is 12.5. The lowest BCUT2D eigenvalue weighted by atomic mass is 9.81. The molecule has 4 rings (SSSR count). The number of amides is 2. The fourth-order valence-corrected chi connectivity index (χ4v) is 5.60. The number of allylic oxidation sites excluding steroid dienone is 2. The first-order chi connectivity index (χ1) is 16.5. The molecular weight excluding hydrogens is 551 g/mol. The summed E-state index contributed by atoms with van der Waals surface area (Å²) < 4.78 is 0.261. The number of ketones is 1. The van der Waals surface area contributed by atoms with E-state index in [0.29, 0.717) is 16.2 Å². The molecule has 8 heteroatoms. The predicted molar refractivity (Wildman–Crippen MR) is 142 cm³/mol. The third kappa shape index (κ3) is 4.63. The van der Waals surface area contributed by atoms with Crippen molar-refractivity contribution in [2.45, 2.75) is 37.9 Å². The van der Waals surface area contributed by atoms with Gasteiger partial charge in [0.25, 0.3) is 5.91 Å². The summed E-state index contributed by atoms with van der Waals surface area (Å²) in [5.41, 5.74) is -0.120. The van der Waals surface area contributed by atoms with Crippen molar-refractivity contribution in [2.75, 3.05) is 0 Å². The molecule has 2 aliphatic rings. The third-order valence-corrected chi connectivity index (χ3v) is 7.15. The van der Waals surface area contributed by atoms with Crippen molar-refractivity contribution in [1.29, 1.82) is 0 Å². The van der Waals surface area contributed by atoms with Gasteiger partial charge in [-0.1, -0.05) is 65.7 Å². The van der Waals surface area contributed by atoms with Crippen LogP contribution in [0, 0.1) is 0 Å². The number of rotatable bonds is 4. The minimum atomic E-state index is -1.38. The molecule has 0 saturated carbocycles. The molecule has 2 unspecified atom stereocenters. The van der Waals surface area contributed by atoms with Crippen molar-refractivity contribution in [3.05, 3.63) is 98.5 Å². The van der Waals surface area contributed by atoms with Crippen molar-refractivity contribution in [3.63, 3.8) is 0 Å². The maximum atomic E-state index is 14.0. The number of benzene rings is 2. The van der Waals surface area contributed by atoms with Crippen molar-refractivity contribution >= 4 is 62.3 Å². The normalized spacial score (nSPS) is 21.0. The van der Waals surface area contributed by atoms with Gasteiger partial charge in [-0.3, -0.25) is 14.4 Å². The lowest BCUT2D eigenvalue weighted by molar-refractivity contribution is -0.139. The Bertz CT molecular complexity index is 1290. The molecule has 0 saturated heterocycles. The maximum Gasteiger partial charge on any atom is 0.263 e. The molecule has 0 radical (unpaired) electrons. The van der Waals surface area contributed by atoms with E-state index in [2.05, 4.69) is 21.2 Å². The van der Waals surface area contributed by atoms with Crippen LogP contribution in [0.5, 0.6) is 0 Å². The van der Waals surface area contributed by atoms with E-state index in [1.165, 1.54) is 17.1 Å². The second-order valence-electron chi connectivity index (χ2n) is 9.42. The number of hydrogen-bond acceptors (Lipinski definition) is 3. The van der Waals surface area contributed by atoms with Gasteiger partial charge in [-0.15, -0.1) is 0 Å². The fourth-order valence-electron chi connectivity index (χ4n) is 4.40. The average molecular weight is 574 g/mol. The van der Waals surface area contributed by atoms with Crippen LogP contribution in [0.2, 0.25) is 5.02 Å². The molecule has 2 amide bonds. The lowest BCUT2D eigenvalue weighted by Crippen LogP contribution is -2.55. The van der Waals surface area contributed by atoms with E-state index in [4.69, 9.17) is 23.2 Å². The van der Waals surface area contributed by atoms with Crippen LogP contribution in [-0.4, -0.2) is 33.6 Å². The first-order valence-electron chi connectivity index (χ1n) is 10.9. The van der Waals surface area contributed by atoms with Crippen LogP contribution in [0.15, 0.2) is 82.3 Å². The molecule has 35 heavy (non-hydrogen) atoms. The van der Waals surface area contributed by atoms with Gasteiger partial charge >= 0.3 is 0 Å². The number of carbonyl (C=O) groups is 3. The maximum absolute atomic E-state index is 14.0. The number of hydrogen-bond donors (Lipinski definition) is 1. The number of carbonyl (C=O) groups excluding carboxylic acids is 3. The molecule has 0 bridgehead atoms. The molecule has 1 heterocycles. The molecule has 2 aromatic rings. The van der Waals surface area contributed by atoms with Gasteiger partial charge in [-0.2, -0.15) is 0 Å². The van der Waals surface area contributed by atoms with Crippen molar-refractivity contribution in [2.24, 2.45) is 0 Å². The Hall–Kier alpha value is -2.67. The molecule has 2 atom stereocenters. The SMILES string of the molecule is CC(C)(C)NC(=O)C(c1ccc(Cl)cc1)N1C(=O)C(Br)=C(c2ccccc2)C12C=CC(=O)C=C2Cl. The molecule has 180 valence electrons. The second kappa shape index (κ2) is 9.41. The van der Waals surface area contributed by atoms with Crippen LogP contribution in [-0.2, 0) is 14.4 Å². The highest BCUT2D eigenvalue weighted by atomic mass is 79.9. The smallest absolute Gasteiger partial charge is 0.263 e. The molecule has 5 nitrogen and oxygen atoms in total. The number of halogens is 3. The predicted octanol–water partition coefficient (Wildman–Crippen LogP) is 5.94. The van der Waals surface area contributed by atoms with Gasteiger partial charge in [-0.25, -0.2) is 0 Å². The monoisotopic (exact) mass is 572 g/mol. The van der Waals surface area contributed by atoms with Gasteiger partial charge < -0.3 is 10.2 Å². The van der Waals surface area contributed by atoms with E-state index in [-0.39, 0.29) is 15.3 Å². The topological polar surface area (TPSA) is 66.5 Å². The zero-order valence-electron chi connectivity index (χ0n) is 19.3. The highest BCUT2D eigenvalue weighted by molar-refractivity contribution is 9.12. The summed E-state index contributed by atoms with van der Waals surface area (Å²) in [5, 5.41) is 3.61. The van der Waals surface area contributed by atoms with Crippen LogP contribution >= 0.6 is 39.1 Å². The number of nitrogens with zero attached hydrogens (tertiary/aromatic N) is 1. The molecule has 2 aromatic carbocycles. The Morgan fingerprint density at radius 3 is 2.23 bits per heavy atom. The zero-order chi connectivity index (χ0) is 25.5. The summed E-state index contributed by atoms with van der Waals surface area (Å²) in [5.74, 6) is -1.12. The second-order valence-corrected chi connectivity index (χ2v) is 11.1. The van der Waals surface area contributed by atoms with E-state index in [1.807, 2.05) is 51.1 Å². The Morgan fingerprint density at radius 2 is 1.66 bits per heavy atom. The lowest BCUT2D eigenvalue weighted by Gasteiger charge is -2.44. The molecule has 0 fully saturated rings. The molecule has 1 aliphatic heterocycles. The summed E-state index contributed by atoms with van der Waals surface area (Å²) in [6.07, 6.45) is 4.26. The van der Waals surface area contributed by atoms with E-state index in [1.54, 1.807) is 30.3 Å². The zero-order valence-corrected chi connectivity index (χ0v) is 22.4. The van der Waals surface area contributed by atoms with Crippen LogP contribution in [0.25, 0.3) is 5.57 Å². The van der Waals surface area contributed by atoms with Crippen LogP contribution < -0.4 is 5.32 Å². The highest BCUT2D eigenvalue weighted by Crippen LogP contribution is 2.54. The Balaban J connectivity index is 1.99. The van der Waals surface area contributed by atoms with E-state index < -0.39 is 28.9 Å². The standard InChI is InChI=1S/C27H23BrCl2N2O3/c1-26(2,3)31-24(34)23(17-9-11-18(29)12-10-17)32-25(35)22(28)21(16-7-5-4-6-8-16)27(32)14-13-19(33)15-20(27)30/h4-15,23H,1-3H3,(H,31,34). The minimum Gasteiger partial charge on any atom is -0.349 e. The van der Waals surface area contributed by atoms with E-state index in [9.17, 15) is 14.4 Å².